The van der Waals surface area contributed by atoms with Crippen LogP contribution in [0.2, 0.25) is 0 Å². The molecule has 0 aromatic carbocycles. The summed E-state index contributed by atoms with van der Waals surface area (Å²) in [7, 11) is 0. The van der Waals surface area contributed by atoms with E-state index in [-0.39, 0.29) is 0 Å². The Labute approximate surface area is 77.7 Å². The van der Waals surface area contributed by atoms with Crippen LogP contribution in [0, 0.1) is 11.3 Å². The summed E-state index contributed by atoms with van der Waals surface area (Å²) in [6.07, 6.45) is 10.0. The molecule has 0 heteroatoms. The molecule has 1 saturated carbocycles. The predicted octanol–water partition coefficient (Wildman–Crippen LogP) is 4.35. The Hall–Kier alpha value is 0. The van der Waals surface area contributed by atoms with Crippen molar-refractivity contribution < 1.29 is 0 Å². The van der Waals surface area contributed by atoms with Crippen molar-refractivity contribution in [1.29, 1.82) is 0 Å². The first kappa shape index (κ1) is 10.1. The van der Waals surface area contributed by atoms with Crippen LogP contribution in [0.25, 0.3) is 0 Å². The quantitative estimate of drug-likeness (QED) is 0.503. The molecule has 0 aliphatic heterocycles. The van der Waals surface area contributed by atoms with Crippen LogP contribution >= 0.6 is 0 Å². The molecule has 0 N–H and O–H groups in total. The summed E-state index contributed by atoms with van der Waals surface area (Å²) < 4.78 is 0. The SMILES string of the molecule is CC(C)(C)[C]1CCCCCCC1. The molecule has 1 rings (SSSR count). The first-order valence-corrected chi connectivity index (χ1v) is 5.46. The Balaban J connectivity index is 2.40. The van der Waals surface area contributed by atoms with E-state index >= 15 is 0 Å². The van der Waals surface area contributed by atoms with Gasteiger partial charge in [-0.25, -0.2) is 0 Å². The lowest BCUT2D eigenvalue weighted by Gasteiger charge is -2.31. The first-order valence-electron chi connectivity index (χ1n) is 5.46. The average Bonchev–Trinajstić information content (AvgIpc) is 1.81. The van der Waals surface area contributed by atoms with Crippen molar-refractivity contribution >= 4 is 0 Å². The second-order valence-electron chi connectivity index (χ2n) is 5.12. The molecule has 0 heterocycles. The van der Waals surface area contributed by atoms with E-state index in [1.54, 1.807) is 0 Å². The van der Waals surface area contributed by atoms with Gasteiger partial charge in [-0.3, -0.25) is 0 Å². The smallest absolute Gasteiger partial charge is 0.0187 e. The molecular formula is C12H23. The van der Waals surface area contributed by atoms with Crippen molar-refractivity contribution in [1.82, 2.24) is 0 Å². The lowest BCUT2D eigenvalue weighted by Crippen LogP contribution is -2.19. The van der Waals surface area contributed by atoms with Gasteiger partial charge in [0.1, 0.15) is 0 Å². The highest BCUT2D eigenvalue weighted by molar-refractivity contribution is 5.00. The summed E-state index contributed by atoms with van der Waals surface area (Å²) in [5.74, 6) is 1.81. The lowest BCUT2D eigenvalue weighted by atomic mass is 9.74. The number of hydrogen-bond donors (Lipinski definition) is 0. The van der Waals surface area contributed by atoms with Gasteiger partial charge in [-0.2, -0.15) is 0 Å². The van der Waals surface area contributed by atoms with Crippen molar-refractivity contribution in [3.05, 3.63) is 5.92 Å². The molecule has 0 aromatic rings. The molecule has 0 unspecified atom stereocenters. The van der Waals surface area contributed by atoms with Gasteiger partial charge < -0.3 is 0 Å². The normalized spacial score (nSPS) is 23.2. The molecule has 0 atom stereocenters. The second kappa shape index (κ2) is 4.30. The molecule has 0 aromatic heterocycles. The summed E-state index contributed by atoms with van der Waals surface area (Å²) in [6, 6.07) is 0. The maximum Gasteiger partial charge on any atom is -0.0187 e. The van der Waals surface area contributed by atoms with Crippen LogP contribution in [0.3, 0.4) is 0 Å². The van der Waals surface area contributed by atoms with Gasteiger partial charge in [0.15, 0.2) is 0 Å². The second-order valence-corrected chi connectivity index (χ2v) is 5.12. The standard InChI is InChI=1S/C12H23/c1-12(2,3)11-9-7-5-4-6-8-10-11/h4-10H2,1-3H3. The van der Waals surface area contributed by atoms with Crippen LogP contribution in [0.4, 0.5) is 0 Å². The van der Waals surface area contributed by atoms with Gasteiger partial charge in [-0.15, -0.1) is 0 Å². The Morgan fingerprint density at radius 3 is 1.58 bits per heavy atom. The largest absolute Gasteiger partial charge is 0.0596 e. The Bertz CT molecular complexity index is 110. The zero-order valence-corrected chi connectivity index (χ0v) is 8.95. The van der Waals surface area contributed by atoms with E-state index in [1.165, 1.54) is 44.9 Å². The highest BCUT2D eigenvalue weighted by Gasteiger charge is 2.24. The molecule has 1 radical (unpaired) electrons. The van der Waals surface area contributed by atoms with E-state index in [1.807, 2.05) is 5.92 Å². The molecule has 0 amide bonds. The van der Waals surface area contributed by atoms with Crippen LogP contribution in [0.1, 0.15) is 65.7 Å². The van der Waals surface area contributed by atoms with E-state index in [2.05, 4.69) is 20.8 Å². The summed E-state index contributed by atoms with van der Waals surface area (Å²) in [5, 5.41) is 0. The summed E-state index contributed by atoms with van der Waals surface area (Å²) >= 11 is 0. The van der Waals surface area contributed by atoms with E-state index in [0.717, 1.165) is 0 Å². The van der Waals surface area contributed by atoms with Gasteiger partial charge >= 0.3 is 0 Å². The third-order valence-corrected chi connectivity index (χ3v) is 3.02. The molecule has 1 aliphatic carbocycles. The fourth-order valence-electron chi connectivity index (χ4n) is 2.08. The Morgan fingerprint density at radius 1 is 0.750 bits per heavy atom. The van der Waals surface area contributed by atoms with E-state index < -0.39 is 0 Å². The Kier molecular flexibility index (Phi) is 3.61. The zero-order valence-electron chi connectivity index (χ0n) is 8.95. The van der Waals surface area contributed by atoms with E-state index in [4.69, 9.17) is 0 Å². The van der Waals surface area contributed by atoms with Crippen molar-refractivity contribution in [2.24, 2.45) is 5.41 Å². The van der Waals surface area contributed by atoms with Crippen LogP contribution in [-0.2, 0) is 0 Å². The third-order valence-electron chi connectivity index (χ3n) is 3.02. The van der Waals surface area contributed by atoms with Gasteiger partial charge in [0.2, 0.25) is 0 Å². The highest BCUT2D eigenvalue weighted by atomic mass is 14.3. The van der Waals surface area contributed by atoms with Gasteiger partial charge in [-0.1, -0.05) is 52.9 Å². The fraction of sp³-hybridized carbons (Fsp3) is 0.917. The molecule has 0 saturated heterocycles. The van der Waals surface area contributed by atoms with Gasteiger partial charge in [0.25, 0.3) is 0 Å². The number of hydrogen-bond acceptors (Lipinski definition) is 0. The van der Waals surface area contributed by atoms with Crippen molar-refractivity contribution in [2.45, 2.75) is 65.7 Å². The molecule has 0 nitrogen and oxygen atoms in total. The minimum Gasteiger partial charge on any atom is -0.0596 e. The minimum atomic E-state index is 0.470. The van der Waals surface area contributed by atoms with Crippen molar-refractivity contribution in [3.63, 3.8) is 0 Å². The highest BCUT2D eigenvalue weighted by Crippen LogP contribution is 2.37. The van der Waals surface area contributed by atoms with Crippen LogP contribution in [-0.4, -0.2) is 0 Å². The van der Waals surface area contributed by atoms with Crippen molar-refractivity contribution in [2.75, 3.05) is 0 Å². The summed E-state index contributed by atoms with van der Waals surface area (Å²) in [4.78, 5) is 0. The summed E-state index contributed by atoms with van der Waals surface area (Å²) in [6.45, 7) is 7.10. The fourth-order valence-corrected chi connectivity index (χ4v) is 2.08. The number of rotatable bonds is 0. The van der Waals surface area contributed by atoms with Crippen LogP contribution in [0.15, 0.2) is 0 Å². The van der Waals surface area contributed by atoms with Crippen molar-refractivity contribution in [3.8, 4) is 0 Å². The zero-order chi connectivity index (χ0) is 9.03. The average molecular weight is 167 g/mol. The molecule has 0 bridgehead atoms. The molecule has 0 spiro atoms. The predicted molar refractivity (Wildman–Crippen MR) is 55.0 cm³/mol. The van der Waals surface area contributed by atoms with Crippen LogP contribution in [0.5, 0.6) is 0 Å². The van der Waals surface area contributed by atoms with E-state index in [0.29, 0.717) is 5.41 Å². The molecule has 1 fully saturated rings. The summed E-state index contributed by atoms with van der Waals surface area (Å²) in [5.41, 5.74) is 0.470. The molecule has 1 aliphatic rings. The molecule has 12 heavy (non-hydrogen) atoms. The third kappa shape index (κ3) is 3.16. The van der Waals surface area contributed by atoms with Gasteiger partial charge in [-0.05, 0) is 24.2 Å². The molecule has 71 valence electrons. The Morgan fingerprint density at radius 2 is 1.17 bits per heavy atom. The van der Waals surface area contributed by atoms with Gasteiger partial charge in [0.05, 0.1) is 0 Å². The lowest BCUT2D eigenvalue weighted by molar-refractivity contribution is 0.354. The van der Waals surface area contributed by atoms with Gasteiger partial charge in [0, 0.05) is 0 Å². The maximum atomic E-state index is 2.37. The van der Waals surface area contributed by atoms with Crippen LogP contribution < -0.4 is 0 Å². The first-order chi connectivity index (χ1) is 5.61. The minimum absolute atomic E-state index is 0.470. The van der Waals surface area contributed by atoms with E-state index in [9.17, 15) is 0 Å². The monoisotopic (exact) mass is 167 g/mol. The topological polar surface area (TPSA) is 0 Å². The molecular weight excluding hydrogens is 144 g/mol. The maximum absolute atomic E-state index is 2.37.